The minimum Gasteiger partial charge on any atom is -0.461 e. The van der Waals surface area contributed by atoms with Crippen LogP contribution in [0.15, 0.2) is 48.5 Å². The fourth-order valence-corrected chi connectivity index (χ4v) is 7.72. The Bertz CT molecular complexity index is 1930. The SMILES string of the molecule is C#Cc1cccc2cccc(-c3ccc4c(N5CCN(C(=O)OC(C)(C)C)C[C@@H]5C)nc(OC[C@@]56CCCN5C[C@H](F)C6)nc4c3F)c12. The molecule has 250 valence electrons. The molecule has 0 spiro atoms. The summed E-state index contributed by atoms with van der Waals surface area (Å²) in [4.78, 5) is 28.4. The molecule has 0 unspecified atom stereocenters. The summed E-state index contributed by atoms with van der Waals surface area (Å²) in [5.74, 6) is 2.76. The summed E-state index contributed by atoms with van der Waals surface area (Å²) >= 11 is 0. The fraction of sp³-hybridized carbons (Fsp3) is 0.447. The maximum atomic E-state index is 16.9. The van der Waals surface area contributed by atoms with Crippen molar-refractivity contribution in [1.82, 2.24) is 19.8 Å². The molecule has 1 aromatic heterocycles. The second-order valence-electron chi connectivity index (χ2n) is 14.3. The van der Waals surface area contributed by atoms with Gasteiger partial charge in [0.25, 0.3) is 0 Å². The van der Waals surface area contributed by atoms with Gasteiger partial charge in [-0.25, -0.2) is 13.6 Å². The van der Waals surface area contributed by atoms with Gasteiger partial charge in [0.2, 0.25) is 0 Å². The minimum atomic E-state index is -0.905. The highest BCUT2D eigenvalue weighted by Crippen LogP contribution is 2.41. The van der Waals surface area contributed by atoms with Crippen LogP contribution < -0.4 is 9.64 Å². The quantitative estimate of drug-likeness (QED) is 0.216. The number of amides is 1. The van der Waals surface area contributed by atoms with Crippen molar-refractivity contribution >= 4 is 33.6 Å². The third-order valence-corrected chi connectivity index (χ3v) is 9.90. The number of anilines is 1. The smallest absolute Gasteiger partial charge is 0.410 e. The first-order valence-corrected chi connectivity index (χ1v) is 16.7. The number of benzene rings is 3. The van der Waals surface area contributed by atoms with Crippen LogP contribution in [0.3, 0.4) is 0 Å². The lowest BCUT2D eigenvalue weighted by Gasteiger charge is -2.41. The Morgan fingerprint density at radius 1 is 1.06 bits per heavy atom. The highest BCUT2D eigenvalue weighted by molar-refractivity contribution is 6.03. The number of ether oxygens (including phenoxy) is 2. The highest BCUT2D eigenvalue weighted by Gasteiger charge is 2.49. The number of piperazine rings is 1. The van der Waals surface area contributed by atoms with E-state index >= 15 is 4.39 Å². The molecule has 4 heterocycles. The summed E-state index contributed by atoms with van der Waals surface area (Å²) in [5.41, 5.74) is 0.811. The first kappa shape index (κ1) is 32.1. The van der Waals surface area contributed by atoms with Gasteiger partial charge in [0.15, 0.2) is 5.82 Å². The predicted molar refractivity (Wildman–Crippen MR) is 184 cm³/mol. The average molecular weight is 654 g/mol. The second-order valence-corrected chi connectivity index (χ2v) is 14.3. The monoisotopic (exact) mass is 653 g/mol. The molecule has 1 amide bonds. The van der Waals surface area contributed by atoms with E-state index in [1.54, 1.807) is 11.0 Å². The van der Waals surface area contributed by atoms with E-state index in [4.69, 9.17) is 20.9 Å². The van der Waals surface area contributed by atoms with Crippen LogP contribution in [0.2, 0.25) is 0 Å². The van der Waals surface area contributed by atoms with Crippen molar-refractivity contribution in [3.8, 4) is 29.5 Å². The largest absolute Gasteiger partial charge is 0.461 e. The zero-order chi connectivity index (χ0) is 33.8. The number of alkyl halides is 1. The molecule has 0 radical (unpaired) electrons. The number of aromatic nitrogens is 2. The number of hydrogen-bond acceptors (Lipinski definition) is 7. The first-order chi connectivity index (χ1) is 23.0. The van der Waals surface area contributed by atoms with Crippen molar-refractivity contribution in [3.63, 3.8) is 0 Å². The van der Waals surface area contributed by atoms with Crippen molar-refractivity contribution in [3.05, 3.63) is 59.9 Å². The molecule has 8 nitrogen and oxygen atoms in total. The van der Waals surface area contributed by atoms with E-state index in [1.165, 1.54) is 0 Å². The molecule has 7 rings (SSSR count). The van der Waals surface area contributed by atoms with Gasteiger partial charge in [-0.1, -0.05) is 42.3 Å². The van der Waals surface area contributed by atoms with Gasteiger partial charge in [-0.2, -0.15) is 9.97 Å². The van der Waals surface area contributed by atoms with Crippen LogP contribution in [-0.2, 0) is 4.74 Å². The average Bonchev–Trinajstić information content (AvgIpc) is 3.58. The molecule has 48 heavy (non-hydrogen) atoms. The molecule has 0 N–H and O–H groups in total. The number of hydrogen-bond donors (Lipinski definition) is 0. The summed E-state index contributed by atoms with van der Waals surface area (Å²) in [5, 5.41) is 2.24. The van der Waals surface area contributed by atoms with Crippen molar-refractivity contribution in [2.24, 2.45) is 0 Å². The molecule has 0 aliphatic carbocycles. The number of halogens is 2. The Balaban J connectivity index is 1.30. The van der Waals surface area contributed by atoms with Crippen molar-refractivity contribution in [2.45, 2.75) is 70.3 Å². The van der Waals surface area contributed by atoms with Crippen molar-refractivity contribution in [1.29, 1.82) is 0 Å². The van der Waals surface area contributed by atoms with Gasteiger partial charge in [0.1, 0.15) is 29.7 Å². The van der Waals surface area contributed by atoms with Crippen molar-refractivity contribution in [2.75, 3.05) is 44.2 Å². The molecule has 3 atom stereocenters. The van der Waals surface area contributed by atoms with Crippen LogP contribution in [0.4, 0.5) is 19.4 Å². The van der Waals surface area contributed by atoms with Gasteiger partial charge in [0.05, 0.1) is 5.54 Å². The lowest BCUT2D eigenvalue weighted by atomic mass is 9.93. The van der Waals surface area contributed by atoms with Crippen molar-refractivity contribution < 1.29 is 23.0 Å². The molecule has 3 saturated heterocycles. The van der Waals surface area contributed by atoms with E-state index in [0.717, 1.165) is 30.2 Å². The molecule has 3 aliphatic heterocycles. The van der Waals surface area contributed by atoms with Crippen LogP contribution in [0.25, 0.3) is 32.8 Å². The van der Waals surface area contributed by atoms with Crippen LogP contribution >= 0.6 is 0 Å². The lowest BCUT2D eigenvalue weighted by molar-refractivity contribution is 0.0218. The molecular formula is C38H41F2N5O3. The topological polar surface area (TPSA) is 71.0 Å². The van der Waals surface area contributed by atoms with Gasteiger partial charge in [-0.05, 0) is 70.2 Å². The van der Waals surface area contributed by atoms with Gasteiger partial charge >= 0.3 is 12.1 Å². The summed E-state index contributed by atoms with van der Waals surface area (Å²) in [7, 11) is 0. The third-order valence-electron chi connectivity index (χ3n) is 9.90. The number of nitrogens with zero attached hydrogens (tertiary/aromatic N) is 5. The van der Waals surface area contributed by atoms with E-state index < -0.39 is 23.1 Å². The Kier molecular flexibility index (Phi) is 8.15. The molecule has 4 aromatic rings. The fourth-order valence-electron chi connectivity index (χ4n) is 7.72. The van der Waals surface area contributed by atoms with E-state index in [9.17, 15) is 9.18 Å². The van der Waals surface area contributed by atoms with E-state index in [-0.39, 0.29) is 30.3 Å². The summed E-state index contributed by atoms with van der Waals surface area (Å²) in [6.07, 6.45) is 6.79. The van der Waals surface area contributed by atoms with Gasteiger partial charge < -0.3 is 19.3 Å². The second kappa shape index (κ2) is 12.2. The maximum Gasteiger partial charge on any atom is 0.410 e. The number of rotatable bonds is 5. The Morgan fingerprint density at radius 3 is 2.60 bits per heavy atom. The van der Waals surface area contributed by atoms with Crippen LogP contribution in [0.5, 0.6) is 6.01 Å². The van der Waals surface area contributed by atoms with E-state index in [0.29, 0.717) is 60.5 Å². The third kappa shape index (κ3) is 5.79. The Morgan fingerprint density at radius 2 is 1.85 bits per heavy atom. The molecule has 10 heteroatoms. The molecule has 3 aliphatic rings. The highest BCUT2D eigenvalue weighted by atomic mass is 19.1. The zero-order valence-electron chi connectivity index (χ0n) is 27.9. The zero-order valence-corrected chi connectivity index (χ0v) is 27.9. The van der Waals surface area contributed by atoms with Crippen LogP contribution in [-0.4, -0.2) is 88.5 Å². The summed E-state index contributed by atoms with van der Waals surface area (Å²) < 4.78 is 43.4. The summed E-state index contributed by atoms with van der Waals surface area (Å²) in [6.45, 7) is 10.2. The Labute approximate surface area is 280 Å². The minimum absolute atomic E-state index is 0.0427. The van der Waals surface area contributed by atoms with Gasteiger partial charge in [-0.15, -0.1) is 6.42 Å². The molecule has 0 saturated carbocycles. The lowest BCUT2D eigenvalue weighted by Crippen LogP contribution is -2.55. The van der Waals surface area contributed by atoms with Gasteiger partial charge in [-0.3, -0.25) is 4.90 Å². The van der Waals surface area contributed by atoms with Crippen LogP contribution in [0, 0.1) is 18.2 Å². The number of carbonyl (C=O) groups excluding carboxylic acids is 1. The standard InChI is InChI=1S/C38H41F2N5O3/c1-6-25-10-7-11-26-12-8-13-28(31(25)26)29-14-15-30-33(32(29)40)41-35(47-23-38-16-9-17-44(38)22-27(39)20-38)42-34(30)45-19-18-43(21-24(45)2)36(46)48-37(3,4)5/h1,7-8,10-15,24,27H,9,16-23H2,2-5H3/t24-,27+,38-/m0/s1. The van der Waals surface area contributed by atoms with Crippen LogP contribution in [0.1, 0.15) is 52.5 Å². The normalized spacial score (nSPS) is 23.0. The maximum absolute atomic E-state index is 16.9. The molecule has 3 aromatic carbocycles. The number of terminal acetylenes is 1. The van der Waals surface area contributed by atoms with E-state index in [2.05, 4.69) is 20.7 Å². The predicted octanol–water partition coefficient (Wildman–Crippen LogP) is 6.97. The molecule has 3 fully saturated rings. The molecular weight excluding hydrogens is 612 g/mol. The summed E-state index contributed by atoms with van der Waals surface area (Å²) in [6, 6.07) is 14.9. The number of fused-ring (bicyclic) bond motifs is 3. The Hall–Kier alpha value is -4.49. The van der Waals surface area contributed by atoms with E-state index in [1.807, 2.05) is 70.2 Å². The first-order valence-electron chi connectivity index (χ1n) is 16.7. The van der Waals surface area contributed by atoms with Gasteiger partial charge in [0, 0.05) is 60.5 Å². The number of carbonyl (C=O) groups is 1. The molecule has 0 bridgehead atoms.